The maximum atomic E-state index is 11.9. The number of nitrogens with one attached hydrogen (secondary N) is 1. The van der Waals surface area contributed by atoms with Crippen molar-refractivity contribution in [1.82, 2.24) is 10.3 Å². The largest absolute Gasteiger partial charge is 0.473 e. The molecular formula is C17H20N2O2. The quantitative estimate of drug-likeness (QED) is 0.886. The number of pyridine rings is 1. The van der Waals surface area contributed by atoms with Crippen molar-refractivity contribution in [2.45, 2.75) is 32.9 Å². The van der Waals surface area contributed by atoms with E-state index < -0.39 is 0 Å². The van der Waals surface area contributed by atoms with Crippen LogP contribution in [0.1, 0.15) is 36.2 Å². The second-order valence-corrected chi connectivity index (χ2v) is 4.94. The van der Waals surface area contributed by atoms with Crippen molar-refractivity contribution in [1.29, 1.82) is 0 Å². The van der Waals surface area contributed by atoms with Crippen molar-refractivity contribution in [3.05, 3.63) is 59.8 Å². The van der Waals surface area contributed by atoms with Gasteiger partial charge >= 0.3 is 0 Å². The van der Waals surface area contributed by atoms with E-state index in [9.17, 15) is 4.79 Å². The Morgan fingerprint density at radius 1 is 1.24 bits per heavy atom. The smallest absolute Gasteiger partial charge is 0.253 e. The maximum Gasteiger partial charge on any atom is 0.253 e. The van der Waals surface area contributed by atoms with Crippen LogP contribution in [0, 0.1) is 0 Å². The summed E-state index contributed by atoms with van der Waals surface area (Å²) in [4.78, 5) is 16.1. The third-order valence-electron chi connectivity index (χ3n) is 3.22. The standard InChI is InChI=1S/C17H20N2O2/c1-3-13(2)19-17(20)15-9-10-16(18-11-15)21-12-14-7-5-4-6-8-14/h4-11,13H,3,12H2,1-2H3,(H,19,20). The Kier molecular flexibility index (Phi) is 5.32. The highest BCUT2D eigenvalue weighted by Crippen LogP contribution is 2.10. The van der Waals surface area contributed by atoms with Gasteiger partial charge in [0.15, 0.2) is 0 Å². The highest BCUT2D eigenvalue weighted by Gasteiger charge is 2.09. The van der Waals surface area contributed by atoms with E-state index in [-0.39, 0.29) is 11.9 Å². The Labute approximate surface area is 125 Å². The summed E-state index contributed by atoms with van der Waals surface area (Å²) < 4.78 is 5.59. The van der Waals surface area contributed by atoms with E-state index in [0.29, 0.717) is 18.1 Å². The zero-order chi connectivity index (χ0) is 15.1. The fourth-order valence-corrected chi connectivity index (χ4v) is 1.74. The lowest BCUT2D eigenvalue weighted by molar-refractivity contribution is 0.0939. The molecule has 1 N–H and O–H groups in total. The van der Waals surface area contributed by atoms with E-state index >= 15 is 0 Å². The third-order valence-corrected chi connectivity index (χ3v) is 3.22. The monoisotopic (exact) mass is 284 g/mol. The number of hydrogen-bond acceptors (Lipinski definition) is 3. The number of ether oxygens (including phenoxy) is 1. The first-order valence-corrected chi connectivity index (χ1v) is 7.12. The van der Waals surface area contributed by atoms with Gasteiger partial charge in [-0.1, -0.05) is 37.3 Å². The lowest BCUT2D eigenvalue weighted by Crippen LogP contribution is -2.31. The van der Waals surface area contributed by atoms with E-state index in [4.69, 9.17) is 4.74 Å². The van der Waals surface area contributed by atoms with Gasteiger partial charge in [-0.25, -0.2) is 4.98 Å². The summed E-state index contributed by atoms with van der Waals surface area (Å²) >= 11 is 0. The molecule has 0 saturated heterocycles. The van der Waals surface area contributed by atoms with E-state index in [1.165, 1.54) is 6.20 Å². The topological polar surface area (TPSA) is 51.2 Å². The molecule has 21 heavy (non-hydrogen) atoms. The van der Waals surface area contributed by atoms with Gasteiger partial charge in [-0.3, -0.25) is 4.79 Å². The van der Waals surface area contributed by atoms with Crippen molar-refractivity contribution < 1.29 is 9.53 Å². The lowest BCUT2D eigenvalue weighted by atomic mass is 10.2. The Bertz CT molecular complexity index is 567. The Morgan fingerprint density at radius 2 is 2.00 bits per heavy atom. The first-order valence-electron chi connectivity index (χ1n) is 7.12. The Hall–Kier alpha value is -2.36. The minimum absolute atomic E-state index is 0.105. The number of rotatable bonds is 6. The van der Waals surface area contributed by atoms with Gasteiger partial charge in [0.05, 0.1) is 5.56 Å². The summed E-state index contributed by atoms with van der Waals surface area (Å²) in [6, 6.07) is 13.5. The van der Waals surface area contributed by atoms with E-state index in [0.717, 1.165) is 12.0 Å². The fraction of sp³-hybridized carbons (Fsp3) is 0.294. The summed E-state index contributed by atoms with van der Waals surface area (Å²) in [5.41, 5.74) is 1.63. The van der Waals surface area contributed by atoms with Crippen LogP contribution in [0.2, 0.25) is 0 Å². The maximum absolute atomic E-state index is 11.9. The summed E-state index contributed by atoms with van der Waals surface area (Å²) in [5, 5.41) is 2.90. The van der Waals surface area contributed by atoms with Crippen LogP contribution >= 0.6 is 0 Å². The molecule has 0 spiro atoms. The molecule has 0 saturated carbocycles. The van der Waals surface area contributed by atoms with Crippen LogP contribution in [0.25, 0.3) is 0 Å². The molecule has 1 aromatic heterocycles. The average molecular weight is 284 g/mol. The van der Waals surface area contributed by atoms with Crippen molar-refractivity contribution >= 4 is 5.91 Å². The molecule has 0 aliphatic rings. The second-order valence-electron chi connectivity index (χ2n) is 4.94. The number of amides is 1. The second kappa shape index (κ2) is 7.43. The van der Waals surface area contributed by atoms with Crippen LogP contribution in [-0.4, -0.2) is 16.9 Å². The van der Waals surface area contributed by atoms with Crippen molar-refractivity contribution in [3.8, 4) is 5.88 Å². The first-order chi connectivity index (χ1) is 10.2. The normalized spacial score (nSPS) is 11.7. The van der Waals surface area contributed by atoms with Gasteiger partial charge in [0.1, 0.15) is 6.61 Å². The number of nitrogens with zero attached hydrogens (tertiary/aromatic N) is 1. The van der Waals surface area contributed by atoms with Crippen LogP contribution in [0.5, 0.6) is 5.88 Å². The van der Waals surface area contributed by atoms with Crippen molar-refractivity contribution in [2.75, 3.05) is 0 Å². The summed E-state index contributed by atoms with van der Waals surface area (Å²) in [7, 11) is 0. The van der Waals surface area contributed by atoms with Crippen molar-refractivity contribution in [3.63, 3.8) is 0 Å². The predicted molar refractivity (Wildman–Crippen MR) is 82.2 cm³/mol. The molecule has 4 nitrogen and oxygen atoms in total. The lowest BCUT2D eigenvalue weighted by Gasteiger charge is -2.11. The van der Waals surface area contributed by atoms with Crippen molar-refractivity contribution in [2.24, 2.45) is 0 Å². The van der Waals surface area contributed by atoms with Gasteiger partial charge in [-0.15, -0.1) is 0 Å². The fourth-order valence-electron chi connectivity index (χ4n) is 1.74. The number of carbonyl (C=O) groups is 1. The first kappa shape index (κ1) is 15.0. The number of aromatic nitrogens is 1. The van der Waals surface area contributed by atoms with Gasteiger partial charge in [0.25, 0.3) is 5.91 Å². The van der Waals surface area contributed by atoms with Gasteiger partial charge in [-0.05, 0) is 25.0 Å². The molecule has 1 heterocycles. The minimum Gasteiger partial charge on any atom is -0.473 e. The molecule has 0 aliphatic carbocycles. The molecule has 0 bridgehead atoms. The molecule has 1 unspecified atom stereocenters. The number of carbonyl (C=O) groups excluding carboxylic acids is 1. The van der Waals surface area contributed by atoms with Gasteiger partial charge < -0.3 is 10.1 Å². The van der Waals surface area contributed by atoms with E-state index in [2.05, 4.69) is 10.3 Å². The van der Waals surface area contributed by atoms with Gasteiger partial charge in [0.2, 0.25) is 5.88 Å². The molecular weight excluding hydrogens is 264 g/mol. The minimum atomic E-state index is -0.105. The molecule has 0 fully saturated rings. The highest BCUT2D eigenvalue weighted by atomic mass is 16.5. The molecule has 1 aromatic carbocycles. The van der Waals surface area contributed by atoms with Crippen LogP contribution in [0.4, 0.5) is 0 Å². The van der Waals surface area contributed by atoms with Crippen LogP contribution < -0.4 is 10.1 Å². The Morgan fingerprint density at radius 3 is 2.62 bits per heavy atom. The van der Waals surface area contributed by atoms with Gasteiger partial charge in [0, 0.05) is 18.3 Å². The molecule has 1 amide bonds. The summed E-state index contributed by atoms with van der Waals surface area (Å²) in [6.07, 6.45) is 2.44. The molecule has 2 aromatic rings. The average Bonchev–Trinajstić information content (AvgIpc) is 2.54. The molecule has 1 atom stereocenters. The SMILES string of the molecule is CCC(C)NC(=O)c1ccc(OCc2ccccc2)nc1. The van der Waals surface area contributed by atoms with Crippen LogP contribution in [-0.2, 0) is 6.61 Å². The Balaban J connectivity index is 1.91. The van der Waals surface area contributed by atoms with Crippen LogP contribution in [0.3, 0.4) is 0 Å². The van der Waals surface area contributed by atoms with Crippen LogP contribution in [0.15, 0.2) is 48.7 Å². The number of benzene rings is 1. The molecule has 2 rings (SSSR count). The zero-order valence-corrected chi connectivity index (χ0v) is 12.4. The zero-order valence-electron chi connectivity index (χ0n) is 12.4. The third kappa shape index (κ3) is 4.60. The molecule has 110 valence electrons. The van der Waals surface area contributed by atoms with E-state index in [1.54, 1.807) is 12.1 Å². The molecule has 0 radical (unpaired) electrons. The summed E-state index contributed by atoms with van der Waals surface area (Å²) in [5.74, 6) is 0.408. The van der Waals surface area contributed by atoms with Gasteiger partial charge in [-0.2, -0.15) is 0 Å². The van der Waals surface area contributed by atoms with E-state index in [1.807, 2.05) is 44.2 Å². The molecule has 4 heteroatoms. The molecule has 0 aliphatic heterocycles. The highest BCUT2D eigenvalue weighted by molar-refractivity contribution is 5.94. The number of hydrogen-bond donors (Lipinski definition) is 1. The predicted octanol–water partition coefficient (Wildman–Crippen LogP) is 3.19. The summed E-state index contributed by atoms with van der Waals surface area (Å²) in [6.45, 7) is 4.47.